The average Bonchev–Trinajstić information content (AvgIpc) is 2.34. The molecule has 0 aliphatic carbocycles. The van der Waals surface area contributed by atoms with Crippen LogP contribution in [0.25, 0.3) is 0 Å². The van der Waals surface area contributed by atoms with Gasteiger partial charge in [-0.15, -0.1) is 11.3 Å². The van der Waals surface area contributed by atoms with Gasteiger partial charge < -0.3 is 0 Å². The third kappa shape index (κ3) is 1.92. The lowest BCUT2D eigenvalue weighted by Crippen LogP contribution is -2.24. The van der Waals surface area contributed by atoms with Gasteiger partial charge in [0.25, 0.3) is 0 Å². The fourth-order valence-corrected chi connectivity index (χ4v) is 1.86. The van der Waals surface area contributed by atoms with Crippen molar-refractivity contribution in [3.63, 3.8) is 0 Å². The number of nitrogens with zero attached hydrogens (tertiary/aromatic N) is 1. The molecular weight excluding hydrogens is 186 g/mol. The lowest BCUT2D eigenvalue weighted by atomic mass is 10.6. The van der Waals surface area contributed by atoms with E-state index in [9.17, 15) is 8.42 Å². The molecule has 0 atom stereocenters. The highest BCUT2D eigenvalue weighted by Gasteiger charge is 2.13. The summed E-state index contributed by atoms with van der Waals surface area (Å²) in [7, 11) is -2.79. The molecule has 1 rings (SSSR count). The molecule has 0 spiro atoms. The summed E-state index contributed by atoms with van der Waals surface area (Å²) >= 11 is 1.24. The first kappa shape index (κ1) is 8.51. The van der Waals surface area contributed by atoms with E-state index in [1.807, 2.05) is 0 Å². The SMILES string of the molecule is CN(c1cccs1)S(=O)(=O)O. The Morgan fingerprint density at radius 2 is 2.27 bits per heavy atom. The molecule has 0 aliphatic heterocycles. The van der Waals surface area contributed by atoms with Gasteiger partial charge >= 0.3 is 10.3 Å². The summed E-state index contributed by atoms with van der Waals surface area (Å²) in [5.41, 5.74) is 0. The van der Waals surface area contributed by atoms with E-state index in [1.54, 1.807) is 17.5 Å². The Hall–Kier alpha value is -0.590. The second-order valence-corrected chi connectivity index (χ2v) is 4.27. The molecule has 1 N–H and O–H groups in total. The smallest absolute Gasteiger partial charge is 0.269 e. The lowest BCUT2D eigenvalue weighted by Gasteiger charge is -2.10. The normalized spacial score (nSPS) is 11.5. The molecule has 6 heteroatoms. The van der Waals surface area contributed by atoms with Gasteiger partial charge in [0.15, 0.2) is 0 Å². The zero-order valence-electron chi connectivity index (χ0n) is 5.76. The van der Waals surface area contributed by atoms with Gasteiger partial charge in [-0.2, -0.15) is 8.42 Å². The van der Waals surface area contributed by atoms with Crippen LogP contribution in [0.3, 0.4) is 0 Å². The van der Waals surface area contributed by atoms with Crippen molar-refractivity contribution in [2.75, 3.05) is 11.4 Å². The zero-order chi connectivity index (χ0) is 8.48. The summed E-state index contributed by atoms with van der Waals surface area (Å²) in [5, 5.41) is 2.23. The fraction of sp³-hybridized carbons (Fsp3) is 0.200. The van der Waals surface area contributed by atoms with Gasteiger partial charge in [0.05, 0.1) is 0 Å². The Kier molecular flexibility index (Phi) is 2.17. The zero-order valence-corrected chi connectivity index (χ0v) is 7.39. The monoisotopic (exact) mass is 193 g/mol. The van der Waals surface area contributed by atoms with Gasteiger partial charge in [-0.3, -0.25) is 4.55 Å². The minimum Gasteiger partial charge on any atom is -0.269 e. The molecule has 1 heterocycles. The third-order valence-electron chi connectivity index (χ3n) is 1.16. The standard InChI is InChI=1S/C5H7NO3S2/c1-6(11(7,8)9)5-3-2-4-10-5/h2-4H,1H3,(H,7,8,9). The number of hydrogen-bond donors (Lipinski definition) is 1. The molecule has 0 radical (unpaired) electrons. The predicted molar refractivity (Wildman–Crippen MR) is 44.3 cm³/mol. The van der Waals surface area contributed by atoms with Gasteiger partial charge in [-0.25, -0.2) is 4.31 Å². The van der Waals surface area contributed by atoms with Gasteiger partial charge in [0, 0.05) is 7.05 Å². The summed E-state index contributed by atoms with van der Waals surface area (Å²) < 4.78 is 30.4. The highest BCUT2D eigenvalue weighted by atomic mass is 32.2. The van der Waals surface area contributed by atoms with Crippen LogP contribution in [0.15, 0.2) is 17.5 Å². The van der Waals surface area contributed by atoms with Gasteiger partial charge in [0.2, 0.25) is 0 Å². The Morgan fingerprint density at radius 3 is 2.64 bits per heavy atom. The molecule has 0 aromatic carbocycles. The Labute approximate surface area is 69.0 Å². The van der Waals surface area contributed by atoms with Crippen molar-refractivity contribution in [1.82, 2.24) is 0 Å². The van der Waals surface area contributed by atoms with Crippen LogP contribution in [0, 0.1) is 0 Å². The Morgan fingerprint density at radius 1 is 1.64 bits per heavy atom. The molecule has 1 aromatic heterocycles. The first-order chi connectivity index (χ1) is 5.02. The maximum Gasteiger partial charge on any atom is 0.360 e. The van der Waals surface area contributed by atoms with Crippen LogP contribution < -0.4 is 4.31 Å². The lowest BCUT2D eigenvalue weighted by molar-refractivity contribution is 0.481. The highest BCUT2D eigenvalue weighted by Crippen LogP contribution is 2.21. The van der Waals surface area contributed by atoms with Crippen LogP contribution in [0.5, 0.6) is 0 Å². The van der Waals surface area contributed by atoms with E-state index in [0.29, 0.717) is 5.00 Å². The van der Waals surface area contributed by atoms with E-state index >= 15 is 0 Å². The summed E-state index contributed by atoms with van der Waals surface area (Å²) in [6.07, 6.45) is 0. The molecule has 1 aromatic rings. The topological polar surface area (TPSA) is 57.6 Å². The predicted octanol–water partition coefficient (Wildman–Crippen LogP) is 0.987. The van der Waals surface area contributed by atoms with Crippen molar-refractivity contribution in [3.8, 4) is 0 Å². The second kappa shape index (κ2) is 2.80. The van der Waals surface area contributed by atoms with Crippen LogP contribution in [-0.4, -0.2) is 20.0 Å². The molecular formula is C5H7NO3S2. The molecule has 0 aliphatic rings. The molecule has 0 fully saturated rings. The van der Waals surface area contributed by atoms with Crippen molar-refractivity contribution in [2.24, 2.45) is 0 Å². The van der Waals surface area contributed by atoms with E-state index in [0.717, 1.165) is 4.31 Å². The van der Waals surface area contributed by atoms with E-state index < -0.39 is 10.3 Å². The summed E-state index contributed by atoms with van der Waals surface area (Å²) in [4.78, 5) is 0. The van der Waals surface area contributed by atoms with Crippen LogP contribution in [0.1, 0.15) is 0 Å². The van der Waals surface area contributed by atoms with E-state index in [2.05, 4.69) is 0 Å². The molecule has 11 heavy (non-hydrogen) atoms. The van der Waals surface area contributed by atoms with Crippen molar-refractivity contribution in [2.45, 2.75) is 0 Å². The first-order valence-electron chi connectivity index (χ1n) is 2.76. The quantitative estimate of drug-likeness (QED) is 0.712. The van der Waals surface area contributed by atoms with Crippen LogP contribution >= 0.6 is 11.3 Å². The van der Waals surface area contributed by atoms with Crippen molar-refractivity contribution in [3.05, 3.63) is 17.5 Å². The number of anilines is 1. The molecule has 0 saturated heterocycles. The minimum absolute atomic E-state index is 0.493. The van der Waals surface area contributed by atoms with Crippen molar-refractivity contribution in [1.29, 1.82) is 0 Å². The molecule has 0 amide bonds. The maximum absolute atomic E-state index is 10.5. The van der Waals surface area contributed by atoms with E-state index in [4.69, 9.17) is 4.55 Å². The molecule has 62 valence electrons. The third-order valence-corrected chi connectivity index (χ3v) is 3.11. The number of rotatable bonds is 2. The second-order valence-electron chi connectivity index (χ2n) is 1.90. The van der Waals surface area contributed by atoms with Crippen molar-refractivity contribution < 1.29 is 13.0 Å². The van der Waals surface area contributed by atoms with Crippen LogP contribution in [-0.2, 0) is 10.3 Å². The van der Waals surface area contributed by atoms with Crippen molar-refractivity contribution >= 4 is 26.6 Å². The van der Waals surface area contributed by atoms with Crippen LogP contribution in [0.2, 0.25) is 0 Å². The summed E-state index contributed by atoms with van der Waals surface area (Å²) in [6, 6.07) is 3.32. The molecule has 0 unspecified atom stereocenters. The molecule has 4 nitrogen and oxygen atoms in total. The minimum atomic E-state index is -4.08. The number of hydrogen-bond acceptors (Lipinski definition) is 3. The van der Waals surface area contributed by atoms with Gasteiger partial charge in [-0.1, -0.05) is 0 Å². The Balaban J connectivity index is 2.97. The Bertz CT molecular complexity index is 316. The molecule has 0 saturated carbocycles. The average molecular weight is 193 g/mol. The maximum atomic E-state index is 10.5. The van der Waals surface area contributed by atoms with E-state index in [-0.39, 0.29) is 0 Å². The van der Waals surface area contributed by atoms with Crippen LogP contribution in [0.4, 0.5) is 5.00 Å². The summed E-state index contributed by atoms with van der Waals surface area (Å²) in [5.74, 6) is 0. The molecule has 0 bridgehead atoms. The fourth-order valence-electron chi connectivity index (χ4n) is 0.563. The number of thiophene rings is 1. The van der Waals surface area contributed by atoms with Gasteiger partial charge in [0.1, 0.15) is 5.00 Å². The first-order valence-corrected chi connectivity index (χ1v) is 5.04. The largest absolute Gasteiger partial charge is 0.360 e. The van der Waals surface area contributed by atoms with Gasteiger partial charge in [-0.05, 0) is 17.5 Å². The highest BCUT2D eigenvalue weighted by molar-refractivity contribution is 7.87. The van der Waals surface area contributed by atoms with E-state index in [1.165, 1.54) is 18.4 Å². The summed E-state index contributed by atoms with van der Waals surface area (Å²) in [6.45, 7) is 0.